The Morgan fingerprint density at radius 1 is 1.30 bits per heavy atom. The number of carbonyl (C=O) groups is 2. The van der Waals surface area contributed by atoms with Gasteiger partial charge in [-0.15, -0.1) is 0 Å². The van der Waals surface area contributed by atoms with Crippen LogP contribution in [0.3, 0.4) is 0 Å². The average Bonchev–Trinajstić information content (AvgIpc) is 2.33. The van der Waals surface area contributed by atoms with E-state index in [2.05, 4.69) is 10.6 Å². The van der Waals surface area contributed by atoms with Gasteiger partial charge in [-0.05, 0) is 19.5 Å². The van der Waals surface area contributed by atoms with Crippen molar-refractivity contribution in [3.8, 4) is 0 Å². The summed E-state index contributed by atoms with van der Waals surface area (Å²) in [7, 11) is 0. The van der Waals surface area contributed by atoms with Gasteiger partial charge in [0, 0.05) is 18.5 Å². The third-order valence-electron chi connectivity index (χ3n) is 2.61. The third-order valence-corrected chi connectivity index (χ3v) is 2.61. The summed E-state index contributed by atoms with van der Waals surface area (Å²) in [5.41, 5.74) is -0.751. The molecule has 0 radical (unpaired) electrons. The molecule has 1 amide bonds. The molecule has 3 N–H and O–H groups in total. The van der Waals surface area contributed by atoms with Crippen molar-refractivity contribution >= 4 is 17.6 Å². The number of amides is 1. The minimum Gasteiger partial charge on any atom is -0.478 e. The first-order valence-corrected chi connectivity index (χ1v) is 6.10. The predicted molar refractivity (Wildman–Crippen MR) is 69.7 cm³/mol. The molecule has 0 saturated heterocycles. The van der Waals surface area contributed by atoms with Gasteiger partial charge in [0.15, 0.2) is 11.6 Å². The SMILES string of the molecule is CCNC(C)CC(=O)Nc1cc(F)c(F)cc1C(=O)O. The highest BCUT2D eigenvalue weighted by Gasteiger charge is 2.17. The Labute approximate surface area is 115 Å². The van der Waals surface area contributed by atoms with Crippen molar-refractivity contribution in [1.29, 1.82) is 0 Å². The Morgan fingerprint density at radius 3 is 2.45 bits per heavy atom. The van der Waals surface area contributed by atoms with Crippen LogP contribution in [0, 0.1) is 11.6 Å². The first kappa shape index (κ1) is 16.0. The van der Waals surface area contributed by atoms with Crippen LogP contribution in [-0.4, -0.2) is 29.6 Å². The number of benzene rings is 1. The van der Waals surface area contributed by atoms with Gasteiger partial charge in [0.1, 0.15) is 0 Å². The fourth-order valence-corrected chi connectivity index (χ4v) is 1.73. The van der Waals surface area contributed by atoms with Crippen LogP contribution in [0.2, 0.25) is 0 Å². The molecule has 1 atom stereocenters. The zero-order chi connectivity index (χ0) is 15.3. The lowest BCUT2D eigenvalue weighted by molar-refractivity contribution is -0.116. The second-order valence-electron chi connectivity index (χ2n) is 4.33. The maximum atomic E-state index is 13.1. The molecule has 0 heterocycles. The minimum absolute atomic E-state index is 0.0892. The smallest absolute Gasteiger partial charge is 0.337 e. The Balaban J connectivity index is 2.88. The molecule has 1 rings (SSSR count). The number of hydrogen-bond acceptors (Lipinski definition) is 3. The molecule has 0 aliphatic rings. The van der Waals surface area contributed by atoms with Crippen LogP contribution < -0.4 is 10.6 Å². The van der Waals surface area contributed by atoms with Gasteiger partial charge >= 0.3 is 5.97 Å². The van der Waals surface area contributed by atoms with Crippen LogP contribution in [0.25, 0.3) is 0 Å². The molecule has 0 bridgehead atoms. The summed E-state index contributed by atoms with van der Waals surface area (Å²) < 4.78 is 26.1. The van der Waals surface area contributed by atoms with E-state index in [-0.39, 0.29) is 18.2 Å². The van der Waals surface area contributed by atoms with E-state index in [1.165, 1.54) is 0 Å². The molecule has 1 aromatic carbocycles. The Kier molecular flexibility index (Phi) is 5.57. The number of nitrogens with one attached hydrogen (secondary N) is 2. The van der Waals surface area contributed by atoms with E-state index < -0.39 is 29.1 Å². The summed E-state index contributed by atoms with van der Waals surface area (Å²) in [4.78, 5) is 22.6. The molecule has 0 aliphatic heterocycles. The molecule has 1 aromatic rings. The molecule has 1 unspecified atom stereocenters. The molecule has 0 spiro atoms. The number of aromatic carboxylic acids is 1. The Hall–Kier alpha value is -2.02. The minimum atomic E-state index is -1.45. The van der Waals surface area contributed by atoms with E-state index >= 15 is 0 Å². The van der Waals surface area contributed by atoms with Crippen LogP contribution in [0.4, 0.5) is 14.5 Å². The average molecular weight is 286 g/mol. The van der Waals surface area contributed by atoms with Gasteiger partial charge in [0.05, 0.1) is 11.3 Å². The van der Waals surface area contributed by atoms with Crippen molar-refractivity contribution in [3.63, 3.8) is 0 Å². The van der Waals surface area contributed by atoms with E-state index in [0.29, 0.717) is 18.7 Å². The molecule has 0 saturated carbocycles. The maximum Gasteiger partial charge on any atom is 0.337 e. The molecule has 20 heavy (non-hydrogen) atoms. The predicted octanol–water partition coefficient (Wildman–Crippen LogP) is 1.99. The molecule has 0 aliphatic carbocycles. The van der Waals surface area contributed by atoms with Gasteiger partial charge in [0.25, 0.3) is 0 Å². The van der Waals surface area contributed by atoms with Gasteiger partial charge in [-0.3, -0.25) is 4.79 Å². The summed E-state index contributed by atoms with van der Waals surface area (Å²) in [6.45, 7) is 4.35. The maximum absolute atomic E-state index is 13.1. The van der Waals surface area contributed by atoms with Gasteiger partial charge in [-0.25, -0.2) is 13.6 Å². The third kappa shape index (κ3) is 4.27. The van der Waals surface area contributed by atoms with Crippen molar-refractivity contribution in [1.82, 2.24) is 5.32 Å². The lowest BCUT2D eigenvalue weighted by atomic mass is 10.1. The highest BCUT2D eigenvalue weighted by Crippen LogP contribution is 2.20. The molecule has 0 fully saturated rings. The monoisotopic (exact) mass is 286 g/mol. The van der Waals surface area contributed by atoms with E-state index in [4.69, 9.17) is 5.11 Å². The van der Waals surface area contributed by atoms with E-state index in [9.17, 15) is 18.4 Å². The number of carboxylic acid groups (broad SMARTS) is 1. The van der Waals surface area contributed by atoms with Crippen molar-refractivity contribution in [2.24, 2.45) is 0 Å². The fourth-order valence-electron chi connectivity index (χ4n) is 1.73. The number of halogens is 2. The second kappa shape index (κ2) is 6.95. The molecule has 110 valence electrons. The highest BCUT2D eigenvalue weighted by atomic mass is 19.2. The summed E-state index contributed by atoms with van der Waals surface area (Å²) in [6.07, 6.45) is 0.0892. The van der Waals surface area contributed by atoms with E-state index in [1.54, 1.807) is 6.92 Å². The first-order chi connectivity index (χ1) is 9.35. The van der Waals surface area contributed by atoms with Crippen molar-refractivity contribution in [3.05, 3.63) is 29.3 Å². The van der Waals surface area contributed by atoms with Crippen LogP contribution in [-0.2, 0) is 4.79 Å². The molecule has 7 heteroatoms. The first-order valence-electron chi connectivity index (χ1n) is 6.10. The number of carboxylic acids is 1. The van der Waals surface area contributed by atoms with Gasteiger partial charge in [-0.2, -0.15) is 0 Å². The second-order valence-corrected chi connectivity index (χ2v) is 4.33. The summed E-state index contributed by atoms with van der Waals surface area (Å²) in [6, 6.07) is 1.09. The standard InChI is InChI=1S/C13H16F2N2O3/c1-3-16-7(2)4-12(18)17-11-6-10(15)9(14)5-8(11)13(19)20/h5-7,16H,3-4H2,1-2H3,(H,17,18)(H,19,20). The Bertz CT molecular complexity index is 521. The van der Waals surface area contributed by atoms with E-state index in [0.717, 1.165) is 0 Å². The summed E-state index contributed by atoms with van der Waals surface area (Å²) in [5, 5.41) is 14.2. The highest BCUT2D eigenvalue weighted by molar-refractivity contribution is 6.00. The number of anilines is 1. The number of rotatable bonds is 6. The number of hydrogen-bond donors (Lipinski definition) is 3. The normalized spacial score (nSPS) is 12.0. The lowest BCUT2D eigenvalue weighted by Gasteiger charge is -2.13. The van der Waals surface area contributed by atoms with Crippen LogP contribution >= 0.6 is 0 Å². The van der Waals surface area contributed by atoms with Crippen molar-refractivity contribution in [2.45, 2.75) is 26.3 Å². The van der Waals surface area contributed by atoms with Gasteiger partial charge in [-0.1, -0.05) is 6.92 Å². The zero-order valence-corrected chi connectivity index (χ0v) is 11.2. The molecular weight excluding hydrogens is 270 g/mol. The van der Waals surface area contributed by atoms with Gasteiger partial charge in [0.2, 0.25) is 5.91 Å². The molecular formula is C13H16F2N2O3. The quantitative estimate of drug-likeness (QED) is 0.747. The van der Waals surface area contributed by atoms with Crippen molar-refractivity contribution < 1.29 is 23.5 Å². The van der Waals surface area contributed by atoms with Crippen LogP contribution in [0.5, 0.6) is 0 Å². The molecule has 0 aromatic heterocycles. The summed E-state index contributed by atoms with van der Waals surface area (Å²) >= 11 is 0. The largest absolute Gasteiger partial charge is 0.478 e. The van der Waals surface area contributed by atoms with Gasteiger partial charge < -0.3 is 15.7 Å². The lowest BCUT2D eigenvalue weighted by Crippen LogP contribution is -2.30. The van der Waals surface area contributed by atoms with E-state index in [1.807, 2.05) is 6.92 Å². The summed E-state index contributed by atoms with van der Waals surface area (Å²) in [5.74, 6) is -4.42. The van der Waals surface area contributed by atoms with Crippen LogP contribution in [0.15, 0.2) is 12.1 Å². The fraction of sp³-hybridized carbons (Fsp3) is 0.385. The van der Waals surface area contributed by atoms with Crippen LogP contribution in [0.1, 0.15) is 30.6 Å². The molecule has 5 nitrogen and oxygen atoms in total. The Morgan fingerprint density at radius 2 is 1.90 bits per heavy atom. The zero-order valence-electron chi connectivity index (χ0n) is 11.2. The number of carbonyl (C=O) groups excluding carboxylic acids is 1. The van der Waals surface area contributed by atoms with Crippen molar-refractivity contribution in [2.75, 3.05) is 11.9 Å². The topological polar surface area (TPSA) is 78.4 Å².